The molecule has 0 unspecified atom stereocenters. The number of hydroxylamine groups is 1. The molecule has 26 heavy (non-hydrogen) atoms. The summed E-state index contributed by atoms with van der Waals surface area (Å²) in [7, 11) is -3.62. The van der Waals surface area contributed by atoms with E-state index in [9.17, 15) is 13.2 Å². The Hall–Kier alpha value is -1.70. The molecule has 7 heteroatoms. The van der Waals surface area contributed by atoms with Gasteiger partial charge in [0.05, 0.1) is 4.90 Å². The van der Waals surface area contributed by atoms with Crippen LogP contribution in [-0.4, -0.2) is 25.1 Å². The molecule has 4 fully saturated rings. The molecule has 4 aliphatic carbocycles. The van der Waals surface area contributed by atoms with Crippen LogP contribution in [0.5, 0.6) is 0 Å². The molecule has 1 aromatic carbocycles. The predicted molar refractivity (Wildman–Crippen MR) is 96.6 cm³/mol. The number of amides is 1. The zero-order valence-electron chi connectivity index (χ0n) is 14.5. The van der Waals surface area contributed by atoms with Gasteiger partial charge in [0.2, 0.25) is 10.0 Å². The summed E-state index contributed by atoms with van der Waals surface area (Å²) in [5.41, 5.74) is 1.81. The Morgan fingerprint density at radius 1 is 1.12 bits per heavy atom. The van der Waals surface area contributed by atoms with E-state index >= 15 is 0 Å². The summed E-state index contributed by atoms with van der Waals surface area (Å²) in [6, 6.07) is 6.49. The highest BCUT2D eigenvalue weighted by atomic mass is 32.2. The molecule has 0 aromatic heterocycles. The molecule has 3 N–H and O–H groups in total. The molecule has 0 atom stereocenters. The van der Waals surface area contributed by atoms with Crippen LogP contribution < -0.4 is 10.2 Å². The van der Waals surface area contributed by atoms with Crippen molar-refractivity contribution in [1.82, 2.24) is 10.2 Å². The van der Waals surface area contributed by atoms with Crippen LogP contribution in [0.1, 0.15) is 44.1 Å². The summed E-state index contributed by atoms with van der Waals surface area (Å²) >= 11 is 0. The minimum atomic E-state index is -3.62. The molecule has 140 valence electrons. The Morgan fingerprint density at radius 2 is 1.73 bits per heavy atom. The zero-order chi connectivity index (χ0) is 18.4. The van der Waals surface area contributed by atoms with Crippen LogP contribution in [0.4, 0.5) is 0 Å². The van der Waals surface area contributed by atoms with Gasteiger partial charge in [0.15, 0.2) is 0 Å². The van der Waals surface area contributed by atoms with Gasteiger partial charge in [-0.05, 0) is 80.1 Å². The maximum Gasteiger partial charge on any atom is 0.267 e. The summed E-state index contributed by atoms with van der Waals surface area (Å²) in [6.45, 7) is 0. The first-order valence-electron chi connectivity index (χ1n) is 9.14. The molecule has 4 bridgehead atoms. The van der Waals surface area contributed by atoms with Crippen LogP contribution >= 0.6 is 0 Å². The second-order valence-corrected chi connectivity index (χ2v) is 9.87. The van der Waals surface area contributed by atoms with Crippen molar-refractivity contribution in [3.05, 3.63) is 35.9 Å². The van der Waals surface area contributed by atoms with Crippen molar-refractivity contribution in [2.45, 2.75) is 49.0 Å². The van der Waals surface area contributed by atoms with E-state index in [0.717, 1.165) is 25.3 Å². The summed E-state index contributed by atoms with van der Waals surface area (Å²) < 4.78 is 29.1. The normalized spacial score (nSPS) is 32.9. The minimum Gasteiger partial charge on any atom is -0.288 e. The van der Waals surface area contributed by atoms with Crippen LogP contribution in [0.25, 0.3) is 6.08 Å². The van der Waals surface area contributed by atoms with Crippen molar-refractivity contribution in [2.24, 2.45) is 17.8 Å². The van der Waals surface area contributed by atoms with Gasteiger partial charge in [-0.15, -0.1) is 0 Å². The van der Waals surface area contributed by atoms with Gasteiger partial charge in [0.25, 0.3) is 5.91 Å². The second kappa shape index (κ2) is 6.48. The average molecular weight is 376 g/mol. The van der Waals surface area contributed by atoms with Crippen LogP contribution in [0.3, 0.4) is 0 Å². The van der Waals surface area contributed by atoms with E-state index in [1.807, 2.05) is 0 Å². The van der Waals surface area contributed by atoms with Gasteiger partial charge in [-0.25, -0.2) is 18.6 Å². The fourth-order valence-electron chi connectivity index (χ4n) is 5.57. The highest BCUT2D eigenvalue weighted by Gasteiger charge is 2.52. The number of hydrogen-bond acceptors (Lipinski definition) is 4. The molecule has 4 saturated carbocycles. The van der Waals surface area contributed by atoms with Crippen molar-refractivity contribution in [3.8, 4) is 0 Å². The smallest absolute Gasteiger partial charge is 0.267 e. The van der Waals surface area contributed by atoms with Crippen LogP contribution in [0.15, 0.2) is 35.2 Å². The summed E-state index contributed by atoms with van der Waals surface area (Å²) in [4.78, 5) is 11.3. The van der Waals surface area contributed by atoms with Crippen molar-refractivity contribution in [2.75, 3.05) is 0 Å². The third-order valence-electron chi connectivity index (χ3n) is 6.09. The van der Waals surface area contributed by atoms with E-state index in [4.69, 9.17) is 5.21 Å². The van der Waals surface area contributed by atoms with E-state index in [1.165, 1.54) is 30.8 Å². The van der Waals surface area contributed by atoms with E-state index < -0.39 is 15.9 Å². The minimum absolute atomic E-state index is 0.208. The first-order chi connectivity index (χ1) is 12.4. The molecule has 5 rings (SSSR count). The number of sulfonamides is 1. The van der Waals surface area contributed by atoms with Gasteiger partial charge < -0.3 is 0 Å². The van der Waals surface area contributed by atoms with Gasteiger partial charge in [-0.2, -0.15) is 0 Å². The van der Waals surface area contributed by atoms with Crippen molar-refractivity contribution in [3.63, 3.8) is 0 Å². The maximum absolute atomic E-state index is 13.0. The maximum atomic E-state index is 13.0. The van der Waals surface area contributed by atoms with Crippen molar-refractivity contribution >= 4 is 22.0 Å². The molecule has 1 amide bonds. The lowest BCUT2D eigenvalue weighted by Crippen LogP contribution is -2.59. The third-order valence-corrected chi connectivity index (χ3v) is 7.67. The highest BCUT2D eigenvalue weighted by molar-refractivity contribution is 7.89. The summed E-state index contributed by atoms with van der Waals surface area (Å²) in [5, 5.41) is 8.53. The number of benzene rings is 1. The number of rotatable bonds is 5. The largest absolute Gasteiger partial charge is 0.288 e. The standard InChI is InChI=1S/C19H24N2O4S/c22-18(20-23)5-4-13-2-1-3-17(9-13)26(24,25)21-19-10-14-6-15(11-19)8-16(7-14)12-19/h1-5,9,14-16,21,23H,6-8,10-12H2,(H,20,22)/b5-4+. The van der Waals surface area contributed by atoms with Crippen molar-refractivity contribution < 1.29 is 18.4 Å². The third kappa shape index (κ3) is 3.43. The lowest BCUT2D eigenvalue weighted by molar-refractivity contribution is -0.124. The van der Waals surface area contributed by atoms with Gasteiger partial charge in [0.1, 0.15) is 0 Å². The molecule has 0 aliphatic heterocycles. The van der Waals surface area contributed by atoms with E-state index in [1.54, 1.807) is 24.3 Å². The molecule has 1 aromatic rings. The Morgan fingerprint density at radius 3 is 2.31 bits per heavy atom. The predicted octanol–water partition coefficient (Wildman–Crippen LogP) is 2.45. The number of nitrogens with one attached hydrogen (secondary N) is 2. The van der Waals surface area contributed by atoms with Crippen LogP contribution in [-0.2, 0) is 14.8 Å². The second-order valence-electron chi connectivity index (χ2n) is 8.19. The topological polar surface area (TPSA) is 95.5 Å². The van der Waals surface area contributed by atoms with E-state index in [-0.39, 0.29) is 10.4 Å². The quantitative estimate of drug-likeness (QED) is 0.418. The Bertz CT molecular complexity index is 812. The SMILES string of the molecule is O=C(/C=C/c1cccc(S(=O)(=O)NC23CC4CC(CC(C4)C2)C3)c1)NO. The number of carbonyl (C=O) groups is 1. The Labute approximate surface area is 153 Å². The molecule has 6 nitrogen and oxygen atoms in total. The Balaban J connectivity index is 1.56. The molecule has 0 spiro atoms. The van der Waals surface area contributed by atoms with Crippen LogP contribution in [0.2, 0.25) is 0 Å². The highest BCUT2D eigenvalue weighted by Crippen LogP contribution is 2.55. The fourth-order valence-corrected chi connectivity index (χ4v) is 7.06. The molecular formula is C19H24N2O4S. The lowest BCUT2D eigenvalue weighted by Gasteiger charge is -2.56. The molecular weight excluding hydrogens is 352 g/mol. The average Bonchev–Trinajstić information content (AvgIpc) is 2.57. The van der Waals surface area contributed by atoms with Crippen LogP contribution in [0, 0.1) is 17.8 Å². The zero-order valence-corrected chi connectivity index (χ0v) is 15.3. The summed E-state index contributed by atoms with van der Waals surface area (Å²) in [6.07, 6.45) is 9.25. The molecule has 0 radical (unpaired) electrons. The molecule has 0 saturated heterocycles. The first kappa shape index (κ1) is 17.7. The lowest BCUT2D eigenvalue weighted by atomic mass is 9.53. The fraction of sp³-hybridized carbons (Fsp3) is 0.526. The monoisotopic (exact) mass is 376 g/mol. The summed E-state index contributed by atoms with van der Waals surface area (Å²) in [5.74, 6) is 1.32. The van der Waals surface area contributed by atoms with Gasteiger partial charge >= 0.3 is 0 Å². The molecule has 0 heterocycles. The van der Waals surface area contributed by atoms with E-state index in [2.05, 4.69) is 4.72 Å². The van der Waals surface area contributed by atoms with Gasteiger partial charge in [-0.3, -0.25) is 10.0 Å². The molecule has 4 aliphatic rings. The van der Waals surface area contributed by atoms with Crippen molar-refractivity contribution in [1.29, 1.82) is 0 Å². The van der Waals surface area contributed by atoms with Gasteiger partial charge in [0, 0.05) is 11.6 Å². The Kier molecular flexibility index (Phi) is 4.41. The first-order valence-corrected chi connectivity index (χ1v) is 10.6. The van der Waals surface area contributed by atoms with E-state index in [0.29, 0.717) is 23.3 Å². The number of carbonyl (C=O) groups excluding carboxylic acids is 1. The van der Waals surface area contributed by atoms with Gasteiger partial charge in [-0.1, -0.05) is 12.1 Å². The number of hydrogen-bond donors (Lipinski definition) is 3.